The number of aryl methyl sites for hydroxylation is 1. The Kier molecular flexibility index (Phi) is 4.84. The highest BCUT2D eigenvalue weighted by Crippen LogP contribution is 2.11. The number of carboxylic acids is 1. The molecule has 0 aromatic heterocycles. The predicted octanol–water partition coefficient (Wildman–Crippen LogP) is 2.70. The summed E-state index contributed by atoms with van der Waals surface area (Å²) >= 11 is 7.16. The van der Waals surface area contributed by atoms with E-state index in [9.17, 15) is 4.79 Å². The first-order valence-electron chi connectivity index (χ1n) is 4.22. The molecular formula is C10H11ClO2S. The highest BCUT2D eigenvalue weighted by Gasteiger charge is 1.97. The van der Waals surface area contributed by atoms with E-state index in [2.05, 4.69) is 0 Å². The molecule has 1 rings (SSSR count). The molecule has 76 valence electrons. The SMILES string of the molecule is O=C(O)CSCCc1ccc(Cl)cc1. The fourth-order valence-electron chi connectivity index (χ4n) is 1.00. The van der Waals surface area contributed by atoms with Gasteiger partial charge in [0.2, 0.25) is 0 Å². The molecule has 0 bridgehead atoms. The van der Waals surface area contributed by atoms with Gasteiger partial charge in [0.25, 0.3) is 0 Å². The summed E-state index contributed by atoms with van der Waals surface area (Å²) in [6.07, 6.45) is 0.884. The first kappa shape index (κ1) is 11.4. The minimum Gasteiger partial charge on any atom is -0.481 e. The molecular weight excluding hydrogens is 220 g/mol. The highest BCUT2D eigenvalue weighted by molar-refractivity contribution is 7.99. The Morgan fingerprint density at radius 1 is 1.36 bits per heavy atom. The van der Waals surface area contributed by atoms with Crippen molar-refractivity contribution in [1.29, 1.82) is 0 Å². The number of halogens is 1. The number of carboxylic acid groups (broad SMARTS) is 1. The van der Waals surface area contributed by atoms with E-state index in [1.54, 1.807) is 0 Å². The van der Waals surface area contributed by atoms with Gasteiger partial charge < -0.3 is 5.11 Å². The predicted molar refractivity (Wildman–Crippen MR) is 60.1 cm³/mol. The van der Waals surface area contributed by atoms with E-state index in [1.807, 2.05) is 24.3 Å². The first-order chi connectivity index (χ1) is 6.68. The van der Waals surface area contributed by atoms with Crippen molar-refractivity contribution in [3.05, 3.63) is 34.9 Å². The van der Waals surface area contributed by atoms with Crippen LogP contribution in [0.15, 0.2) is 24.3 Å². The van der Waals surface area contributed by atoms with Crippen LogP contribution in [0.5, 0.6) is 0 Å². The average molecular weight is 231 g/mol. The van der Waals surface area contributed by atoms with Crippen molar-refractivity contribution in [2.24, 2.45) is 0 Å². The smallest absolute Gasteiger partial charge is 0.313 e. The highest BCUT2D eigenvalue weighted by atomic mass is 35.5. The van der Waals surface area contributed by atoms with Crippen LogP contribution in [-0.2, 0) is 11.2 Å². The molecule has 2 nitrogen and oxygen atoms in total. The van der Waals surface area contributed by atoms with Crippen LogP contribution in [0, 0.1) is 0 Å². The molecule has 0 amide bonds. The van der Waals surface area contributed by atoms with Gasteiger partial charge in [-0.15, -0.1) is 11.8 Å². The Morgan fingerprint density at radius 2 is 2.00 bits per heavy atom. The van der Waals surface area contributed by atoms with Gasteiger partial charge in [-0.1, -0.05) is 23.7 Å². The normalized spacial score (nSPS) is 10.1. The molecule has 0 aliphatic rings. The molecule has 0 radical (unpaired) electrons. The van der Waals surface area contributed by atoms with Crippen molar-refractivity contribution < 1.29 is 9.90 Å². The monoisotopic (exact) mass is 230 g/mol. The van der Waals surface area contributed by atoms with Crippen molar-refractivity contribution in [1.82, 2.24) is 0 Å². The lowest BCUT2D eigenvalue weighted by Crippen LogP contribution is -1.99. The van der Waals surface area contributed by atoms with E-state index in [1.165, 1.54) is 17.3 Å². The lowest BCUT2D eigenvalue weighted by molar-refractivity contribution is -0.133. The summed E-state index contributed by atoms with van der Waals surface area (Å²) in [5, 5.41) is 9.14. The third-order valence-electron chi connectivity index (χ3n) is 1.67. The van der Waals surface area contributed by atoms with Crippen molar-refractivity contribution >= 4 is 29.3 Å². The molecule has 4 heteroatoms. The van der Waals surface area contributed by atoms with Gasteiger partial charge >= 0.3 is 5.97 Å². The van der Waals surface area contributed by atoms with Crippen LogP contribution >= 0.6 is 23.4 Å². The maximum absolute atomic E-state index is 10.2. The Balaban J connectivity index is 2.25. The van der Waals surface area contributed by atoms with E-state index in [0.29, 0.717) is 0 Å². The van der Waals surface area contributed by atoms with Gasteiger partial charge in [-0.05, 0) is 29.9 Å². The molecule has 0 heterocycles. The number of carbonyl (C=O) groups is 1. The fraction of sp³-hybridized carbons (Fsp3) is 0.300. The summed E-state index contributed by atoms with van der Waals surface area (Å²) in [6, 6.07) is 7.62. The van der Waals surface area contributed by atoms with Gasteiger partial charge in [-0.3, -0.25) is 4.79 Å². The van der Waals surface area contributed by atoms with E-state index >= 15 is 0 Å². The lowest BCUT2D eigenvalue weighted by atomic mass is 10.2. The standard InChI is InChI=1S/C10H11ClO2S/c11-9-3-1-8(2-4-9)5-6-14-7-10(12)13/h1-4H,5-7H2,(H,12,13). The number of thioether (sulfide) groups is 1. The second-order valence-electron chi connectivity index (χ2n) is 2.82. The summed E-state index contributed by atoms with van der Waals surface area (Å²) in [6.45, 7) is 0. The molecule has 0 aliphatic carbocycles. The first-order valence-corrected chi connectivity index (χ1v) is 5.76. The van der Waals surface area contributed by atoms with Crippen molar-refractivity contribution in [2.45, 2.75) is 6.42 Å². The fourth-order valence-corrected chi connectivity index (χ4v) is 1.83. The van der Waals surface area contributed by atoms with E-state index in [4.69, 9.17) is 16.7 Å². The molecule has 14 heavy (non-hydrogen) atoms. The quantitative estimate of drug-likeness (QED) is 0.791. The van der Waals surface area contributed by atoms with Gasteiger partial charge in [-0.25, -0.2) is 0 Å². The molecule has 0 aliphatic heterocycles. The summed E-state index contributed by atoms with van der Waals surface area (Å²) in [5.41, 5.74) is 1.19. The number of hydrogen-bond acceptors (Lipinski definition) is 2. The molecule has 0 unspecified atom stereocenters. The Morgan fingerprint density at radius 3 is 2.57 bits per heavy atom. The molecule has 0 saturated heterocycles. The zero-order valence-corrected chi connectivity index (χ0v) is 9.14. The minimum absolute atomic E-state index is 0.174. The van der Waals surface area contributed by atoms with Crippen molar-refractivity contribution in [3.63, 3.8) is 0 Å². The van der Waals surface area contributed by atoms with Crippen LogP contribution < -0.4 is 0 Å². The van der Waals surface area contributed by atoms with Crippen LogP contribution in [0.3, 0.4) is 0 Å². The van der Waals surface area contributed by atoms with Crippen LogP contribution in [0.1, 0.15) is 5.56 Å². The van der Waals surface area contributed by atoms with Gasteiger partial charge in [-0.2, -0.15) is 0 Å². The minimum atomic E-state index is -0.758. The number of benzene rings is 1. The van der Waals surface area contributed by atoms with Crippen LogP contribution in [-0.4, -0.2) is 22.6 Å². The summed E-state index contributed by atoms with van der Waals surface area (Å²) in [5.74, 6) is 0.243. The van der Waals surface area contributed by atoms with Crippen molar-refractivity contribution in [2.75, 3.05) is 11.5 Å². The second kappa shape index (κ2) is 5.94. The maximum Gasteiger partial charge on any atom is 0.313 e. The summed E-state index contributed by atoms with van der Waals surface area (Å²) in [7, 11) is 0. The topological polar surface area (TPSA) is 37.3 Å². The number of aliphatic carboxylic acids is 1. The average Bonchev–Trinajstić information content (AvgIpc) is 2.15. The summed E-state index contributed by atoms with van der Waals surface area (Å²) in [4.78, 5) is 10.2. The van der Waals surface area contributed by atoms with Gasteiger partial charge in [0.15, 0.2) is 0 Å². The molecule has 0 fully saturated rings. The second-order valence-corrected chi connectivity index (χ2v) is 4.36. The van der Waals surface area contributed by atoms with Crippen LogP contribution in [0.4, 0.5) is 0 Å². The third kappa shape index (κ3) is 4.53. The molecule has 1 aromatic rings. The van der Waals surface area contributed by atoms with E-state index < -0.39 is 5.97 Å². The molecule has 0 atom stereocenters. The Hall–Kier alpha value is -0.670. The molecule has 1 aromatic carbocycles. The van der Waals surface area contributed by atoms with Crippen LogP contribution in [0.2, 0.25) is 5.02 Å². The zero-order chi connectivity index (χ0) is 10.4. The van der Waals surface area contributed by atoms with E-state index in [-0.39, 0.29) is 5.75 Å². The van der Waals surface area contributed by atoms with Gasteiger partial charge in [0.1, 0.15) is 0 Å². The zero-order valence-electron chi connectivity index (χ0n) is 7.57. The molecule has 1 N–H and O–H groups in total. The lowest BCUT2D eigenvalue weighted by Gasteiger charge is -2.00. The number of hydrogen-bond donors (Lipinski definition) is 1. The molecule has 0 spiro atoms. The van der Waals surface area contributed by atoms with Gasteiger partial charge in [0, 0.05) is 5.02 Å². The third-order valence-corrected chi connectivity index (χ3v) is 2.87. The molecule has 0 saturated carbocycles. The summed E-state index contributed by atoms with van der Waals surface area (Å²) < 4.78 is 0. The van der Waals surface area contributed by atoms with Crippen molar-refractivity contribution in [3.8, 4) is 0 Å². The largest absolute Gasteiger partial charge is 0.481 e. The van der Waals surface area contributed by atoms with E-state index in [0.717, 1.165) is 17.2 Å². The van der Waals surface area contributed by atoms with Gasteiger partial charge in [0.05, 0.1) is 5.75 Å². The Labute approximate surface area is 92.3 Å². The number of rotatable bonds is 5. The maximum atomic E-state index is 10.2. The van der Waals surface area contributed by atoms with Crippen LogP contribution in [0.25, 0.3) is 0 Å². The Bertz CT molecular complexity index is 297.